The molecule has 0 radical (unpaired) electrons. The Balaban J connectivity index is 1.64. The van der Waals surface area contributed by atoms with Gasteiger partial charge in [0, 0.05) is 10.7 Å². The zero-order valence-electron chi connectivity index (χ0n) is 18.8. The minimum Gasteiger partial charge on any atom is -0.406 e. The maximum atomic E-state index is 14.6. The van der Waals surface area contributed by atoms with Crippen LogP contribution in [0.3, 0.4) is 0 Å². The van der Waals surface area contributed by atoms with Crippen molar-refractivity contribution in [3.05, 3.63) is 88.2 Å². The fourth-order valence-electron chi connectivity index (χ4n) is 3.06. The molecule has 0 amide bonds. The van der Waals surface area contributed by atoms with Gasteiger partial charge < -0.3 is 10.1 Å². The molecule has 0 bridgehead atoms. The van der Waals surface area contributed by atoms with E-state index in [0.29, 0.717) is 22.0 Å². The Kier molecular flexibility index (Phi) is 7.74. The summed E-state index contributed by atoms with van der Waals surface area (Å²) in [6.07, 6.45) is -4.79. The Hall–Kier alpha value is -3.96. The van der Waals surface area contributed by atoms with Crippen LogP contribution < -0.4 is 15.5 Å². The maximum Gasteiger partial charge on any atom is 0.573 e. The molecule has 0 saturated heterocycles. The number of nitrogens with zero attached hydrogens (tertiary/aromatic N) is 4. The Bertz CT molecular complexity index is 1410. The van der Waals surface area contributed by atoms with Gasteiger partial charge in [0.05, 0.1) is 16.3 Å². The summed E-state index contributed by atoms with van der Waals surface area (Å²) in [5.41, 5.74) is 4.15. The Morgan fingerprint density at radius 3 is 2.22 bits per heavy atom. The minimum absolute atomic E-state index is 0.0327. The molecule has 13 heteroatoms. The van der Waals surface area contributed by atoms with Gasteiger partial charge in [0.1, 0.15) is 11.6 Å². The van der Waals surface area contributed by atoms with E-state index >= 15 is 0 Å². The van der Waals surface area contributed by atoms with Crippen LogP contribution in [0.25, 0.3) is 11.4 Å². The summed E-state index contributed by atoms with van der Waals surface area (Å²) in [5.74, 6) is -1.03. The number of benzene rings is 3. The van der Waals surface area contributed by atoms with Crippen LogP contribution in [0.15, 0.2) is 71.8 Å². The monoisotopic (exact) mass is 550 g/mol. The highest BCUT2D eigenvalue weighted by Gasteiger charge is 2.31. The Morgan fingerprint density at radius 2 is 1.57 bits per heavy atom. The van der Waals surface area contributed by atoms with Crippen LogP contribution in [0.2, 0.25) is 10.0 Å². The number of ether oxygens (including phenoxy) is 1. The first-order valence-corrected chi connectivity index (χ1v) is 11.2. The van der Waals surface area contributed by atoms with E-state index < -0.39 is 12.2 Å². The lowest BCUT2D eigenvalue weighted by molar-refractivity contribution is -0.274. The molecule has 0 aliphatic carbocycles. The number of hydrogen-bond acceptors (Lipinski definition) is 7. The van der Waals surface area contributed by atoms with Crippen molar-refractivity contribution in [3.8, 4) is 17.1 Å². The first-order valence-electron chi connectivity index (χ1n) is 10.5. The molecular formula is C24H16Cl2F4N6O. The molecule has 3 aromatic carbocycles. The van der Waals surface area contributed by atoms with Crippen molar-refractivity contribution >= 4 is 46.5 Å². The molecule has 0 unspecified atom stereocenters. The molecule has 1 heterocycles. The minimum atomic E-state index is -4.79. The van der Waals surface area contributed by atoms with Gasteiger partial charge in [-0.15, -0.1) is 13.2 Å². The summed E-state index contributed by atoms with van der Waals surface area (Å²) < 4.78 is 55.6. The van der Waals surface area contributed by atoms with Crippen LogP contribution >= 0.6 is 23.2 Å². The summed E-state index contributed by atoms with van der Waals surface area (Å²) in [6, 6.07) is 16.0. The second-order valence-electron chi connectivity index (χ2n) is 7.42. The number of rotatable bonds is 7. The molecule has 7 nitrogen and oxygen atoms in total. The third-order valence-corrected chi connectivity index (χ3v) is 5.32. The Morgan fingerprint density at radius 1 is 0.892 bits per heavy atom. The van der Waals surface area contributed by atoms with Crippen LogP contribution in [0, 0.1) is 5.82 Å². The fraction of sp³-hybridized carbons (Fsp3) is 0.0833. The van der Waals surface area contributed by atoms with E-state index in [1.165, 1.54) is 30.3 Å². The van der Waals surface area contributed by atoms with Gasteiger partial charge in [-0.05, 0) is 73.2 Å². The second kappa shape index (κ2) is 11.0. The molecule has 190 valence electrons. The average Bonchev–Trinajstić information content (AvgIpc) is 2.83. The van der Waals surface area contributed by atoms with Crippen LogP contribution in [0.5, 0.6) is 5.75 Å². The van der Waals surface area contributed by atoms with Gasteiger partial charge in [0.2, 0.25) is 11.9 Å². The molecule has 0 aliphatic heterocycles. The van der Waals surface area contributed by atoms with Crippen molar-refractivity contribution in [2.75, 3.05) is 10.7 Å². The van der Waals surface area contributed by atoms with E-state index in [0.717, 1.165) is 12.1 Å². The van der Waals surface area contributed by atoms with Crippen molar-refractivity contribution in [2.24, 2.45) is 5.10 Å². The van der Waals surface area contributed by atoms with Gasteiger partial charge in [0.25, 0.3) is 0 Å². The van der Waals surface area contributed by atoms with Crippen LogP contribution in [0.4, 0.5) is 35.1 Å². The molecular weight excluding hydrogens is 535 g/mol. The standard InChI is InChI=1S/C24H16Cl2F4N6O/c1-13(14-5-11-17(12-6-14)37-24(28,29)30)35-36-23-33-21(20-18(26)3-2-4-19(20)27)32-22(34-23)31-16-9-7-15(25)8-10-16/h2-12H,1H3,(H2,31,32,33,34,36). The zero-order chi connectivity index (χ0) is 26.6. The number of hydrazone groups is 1. The highest BCUT2D eigenvalue weighted by atomic mass is 35.5. The molecule has 2 N–H and O–H groups in total. The van der Waals surface area contributed by atoms with Crippen molar-refractivity contribution < 1.29 is 22.3 Å². The molecule has 0 aliphatic rings. The highest BCUT2D eigenvalue weighted by Crippen LogP contribution is 2.30. The normalized spacial score (nSPS) is 11.8. The van der Waals surface area contributed by atoms with Gasteiger partial charge in [-0.25, -0.2) is 9.82 Å². The van der Waals surface area contributed by atoms with Crippen LogP contribution in [-0.4, -0.2) is 27.0 Å². The Labute approximate surface area is 218 Å². The molecule has 4 aromatic rings. The highest BCUT2D eigenvalue weighted by molar-refractivity contribution is 6.33. The van der Waals surface area contributed by atoms with Crippen molar-refractivity contribution in [3.63, 3.8) is 0 Å². The van der Waals surface area contributed by atoms with E-state index in [4.69, 9.17) is 23.2 Å². The third-order valence-electron chi connectivity index (χ3n) is 4.75. The van der Waals surface area contributed by atoms with E-state index in [1.54, 1.807) is 31.2 Å². The van der Waals surface area contributed by atoms with Crippen LogP contribution in [-0.2, 0) is 0 Å². The zero-order valence-corrected chi connectivity index (χ0v) is 20.3. The topological polar surface area (TPSA) is 84.3 Å². The lowest BCUT2D eigenvalue weighted by Gasteiger charge is -2.11. The molecule has 0 saturated carbocycles. The smallest absolute Gasteiger partial charge is 0.406 e. The number of nitrogens with one attached hydrogen (secondary N) is 2. The number of anilines is 3. The van der Waals surface area contributed by atoms with Gasteiger partial charge in [-0.2, -0.15) is 20.1 Å². The first kappa shape index (κ1) is 26.1. The van der Waals surface area contributed by atoms with Gasteiger partial charge in [-0.1, -0.05) is 29.3 Å². The van der Waals surface area contributed by atoms with E-state index in [1.807, 2.05) is 0 Å². The SMILES string of the molecule is CC(=NNc1nc(Nc2ccc(Cl)cc2)nc(-c2c(F)cccc2Cl)n1)c1ccc(OC(F)(F)F)cc1. The quantitative estimate of drug-likeness (QED) is 0.141. The van der Waals surface area contributed by atoms with E-state index in [9.17, 15) is 17.6 Å². The van der Waals surface area contributed by atoms with Crippen LogP contribution in [0.1, 0.15) is 12.5 Å². The molecule has 0 fully saturated rings. The predicted molar refractivity (Wildman–Crippen MR) is 134 cm³/mol. The van der Waals surface area contributed by atoms with Crippen molar-refractivity contribution in [1.82, 2.24) is 15.0 Å². The van der Waals surface area contributed by atoms with Crippen molar-refractivity contribution in [2.45, 2.75) is 13.3 Å². The molecule has 1 aromatic heterocycles. The fourth-order valence-corrected chi connectivity index (χ4v) is 3.44. The predicted octanol–water partition coefficient (Wildman–Crippen LogP) is 7.46. The van der Waals surface area contributed by atoms with Gasteiger partial charge in [-0.3, -0.25) is 0 Å². The molecule has 37 heavy (non-hydrogen) atoms. The number of alkyl halides is 3. The first-order chi connectivity index (χ1) is 17.6. The summed E-state index contributed by atoms with van der Waals surface area (Å²) in [4.78, 5) is 12.8. The summed E-state index contributed by atoms with van der Waals surface area (Å²) in [7, 11) is 0. The van der Waals surface area contributed by atoms with E-state index in [-0.39, 0.29) is 34.1 Å². The molecule has 4 rings (SSSR count). The summed E-state index contributed by atoms with van der Waals surface area (Å²) >= 11 is 12.1. The number of aromatic nitrogens is 3. The molecule has 0 spiro atoms. The lowest BCUT2D eigenvalue weighted by atomic mass is 10.1. The second-order valence-corrected chi connectivity index (χ2v) is 8.26. The largest absolute Gasteiger partial charge is 0.573 e. The van der Waals surface area contributed by atoms with E-state index in [2.05, 4.69) is 35.5 Å². The average molecular weight is 551 g/mol. The lowest BCUT2D eigenvalue weighted by Crippen LogP contribution is -2.17. The van der Waals surface area contributed by atoms with Crippen molar-refractivity contribution in [1.29, 1.82) is 0 Å². The van der Waals surface area contributed by atoms with Gasteiger partial charge in [0.15, 0.2) is 5.82 Å². The summed E-state index contributed by atoms with van der Waals surface area (Å²) in [6.45, 7) is 1.62. The van der Waals surface area contributed by atoms with Gasteiger partial charge >= 0.3 is 6.36 Å². The maximum absolute atomic E-state index is 14.6. The number of halogens is 6. The molecule has 0 atom stereocenters. The summed E-state index contributed by atoms with van der Waals surface area (Å²) in [5, 5.41) is 7.80. The third kappa shape index (κ3) is 7.05. The number of hydrogen-bond donors (Lipinski definition) is 2.